The van der Waals surface area contributed by atoms with Crippen molar-refractivity contribution >= 4 is 72.5 Å². The quantitative estimate of drug-likeness (QED) is 0.293. The highest BCUT2D eigenvalue weighted by molar-refractivity contribution is 9.10. The lowest BCUT2D eigenvalue weighted by atomic mass is 10.2. The van der Waals surface area contributed by atoms with Crippen molar-refractivity contribution in [1.82, 2.24) is 14.5 Å². The van der Waals surface area contributed by atoms with Crippen molar-refractivity contribution in [2.45, 2.75) is 19.9 Å². The van der Waals surface area contributed by atoms with Crippen molar-refractivity contribution in [2.24, 2.45) is 0 Å². The van der Waals surface area contributed by atoms with Gasteiger partial charge in [-0.2, -0.15) is 0 Å². The Balaban J connectivity index is 0.00000256. The summed E-state index contributed by atoms with van der Waals surface area (Å²) < 4.78 is 3.77. The number of hydrogen-bond donors (Lipinski definition) is 0. The van der Waals surface area contributed by atoms with Crippen LogP contribution in [0.15, 0.2) is 59.6 Å². The molecule has 0 radical (unpaired) electrons. The molecule has 1 amide bonds. The fourth-order valence-corrected chi connectivity index (χ4v) is 4.84. The molecule has 4 rings (SSSR count). The van der Waals surface area contributed by atoms with Crippen LogP contribution in [0.5, 0.6) is 0 Å². The second-order valence-electron chi connectivity index (χ2n) is 6.66. The van der Waals surface area contributed by atoms with Gasteiger partial charge >= 0.3 is 0 Å². The third-order valence-electron chi connectivity index (χ3n) is 4.59. The van der Waals surface area contributed by atoms with Gasteiger partial charge in [0.2, 0.25) is 0 Å². The first-order valence-electron chi connectivity index (χ1n) is 9.12. The van der Waals surface area contributed by atoms with Gasteiger partial charge in [0.25, 0.3) is 5.91 Å². The highest BCUT2D eigenvalue weighted by Gasteiger charge is 2.22. The molecule has 0 saturated carbocycles. The fourth-order valence-electron chi connectivity index (χ4n) is 3.10. The van der Waals surface area contributed by atoms with Crippen molar-refractivity contribution in [3.8, 4) is 0 Å². The topological polar surface area (TPSA) is 51.0 Å². The molecule has 2 heterocycles. The summed E-state index contributed by atoms with van der Waals surface area (Å²) in [6, 6.07) is 11.2. The van der Waals surface area contributed by atoms with Crippen molar-refractivity contribution < 1.29 is 4.79 Å². The number of hydrogen-bond acceptors (Lipinski definition) is 4. The summed E-state index contributed by atoms with van der Waals surface area (Å²) in [5.41, 5.74) is 2.50. The Hall–Kier alpha value is -1.93. The van der Waals surface area contributed by atoms with Crippen LogP contribution in [0.25, 0.3) is 10.2 Å². The van der Waals surface area contributed by atoms with Gasteiger partial charge < -0.3 is 4.57 Å². The molecule has 0 saturated heterocycles. The van der Waals surface area contributed by atoms with Crippen molar-refractivity contribution in [3.05, 3.63) is 75.7 Å². The lowest BCUT2D eigenvalue weighted by Crippen LogP contribution is -2.32. The largest absolute Gasteiger partial charge is 0.337 e. The van der Waals surface area contributed by atoms with E-state index in [0.29, 0.717) is 22.3 Å². The predicted molar refractivity (Wildman–Crippen MR) is 129 cm³/mol. The molecule has 0 unspecified atom stereocenters. The molecule has 0 bridgehead atoms. The molecule has 30 heavy (non-hydrogen) atoms. The Morgan fingerprint density at radius 1 is 1.30 bits per heavy atom. The Kier molecular flexibility index (Phi) is 7.52. The molecule has 9 heteroatoms. The molecule has 0 spiro atoms. The highest BCUT2D eigenvalue weighted by Crippen LogP contribution is 2.36. The van der Waals surface area contributed by atoms with Gasteiger partial charge in [-0.1, -0.05) is 51.0 Å². The molecule has 0 aliphatic heterocycles. The molecule has 5 nitrogen and oxygen atoms in total. The van der Waals surface area contributed by atoms with Gasteiger partial charge in [-0.3, -0.25) is 9.69 Å². The fraction of sp³-hybridized carbons (Fsp3) is 0.190. The summed E-state index contributed by atoms with van der Waals surface area (Å²) in [6.45, 7) is 3.31. The average Bonchev–Trinajstić information content (AvgIpc) is 3.38. The van der Waals surface area contributed by atoms with Crippen LogP contribution in [0, 0.1) is 6.92 Å². The van der Waals surface area contributed by atoms with Crippen LogP contribution in [0.4, 0.5) is 5.13 Å². The maximum atomic E-state index is 13.4. The van der Waals surface area contributed by atoms with E-state index in [2.05, 4.69) is 20.9 Å². The maximum Gasteiger partial charge on any atom is 0.260 e. The number of benzene rings is 2. The van der Waals surface area contributed by atoms with E-state index in [1.54, 1.807) is 17.4 Å². The first-order chi connectivity index (χ1) is 14.0. The van der Waals surface area contributed by atoms with Crippen LogP contribution in [-0.2, 0) is 6.54 Å². The molecule has 0 aliphatic carbocycles. The molecule has 156 valence electrons. The summed E-state index contributed by atoms with van der Waals surface area (Å²) in [5, 5.41) is 1.31. The number of aromatic nitrogens is 3. The number of anilines is 1. The minimum absolute atomic E-state index is 0. The third kappa shape index (κ3) is 4.86. The molecule has 2 aromatic carbocycles. The molecular weight excluding hydrogens is 507 g/mol. The van der Waals surface area contributed by atoms with Crippen molar-refractivity contribution in [3.63, 3.8) is 0 Å². The zero-order valence-corrected chi connectivity index (χ0v) is 20.1. The molecule has 0 aliphatic rings. The second kappa shape index (κ2) is 9.92. The Morgan fingerprint density at radius 3 is 2.83 bits per heavy atom. The maximum absolute atomic E-state index is 13.4. The van der Waals surface area contributed by atoms with E-state index >= 15 is 0 Å². The van der Waals surface area contributed by atoms with Crippen molar-refractivity contribution in [2.75, 3.05) is 11.4 Å². The lowest BCUT2D eigenvalue weighted by molar-refractivity contribution is 0.0986. The minimum Gasteiger partial charge on any atom is -0.337 e. The summed E-state index contributed by atoms with van der Waals surface area (Å²) in [5.74, 6) is -0.0789. The van der Waals surface area contributed by atoms with Gasteiger partial charge in [-0.15, -0.1) is 12.4 Å². The Bertz CT molecular complexity index is 1120. The minimum atomic E-state index is -0.0789. The number of nitrogens with zero attached hydrogens (tertiary/aromatic N) is 4. The van der Waals surface area contributed by atoms with E-state index in [1.165, 1.54) is 11.3 Å². The number of amides is 1. The number of halogens is 3. The van der Waals surface area contributed by atoms with Gasteiger partial charge in [-0.05, 0) is 43.2 Å². The lowest BCUT2D eigenvalue weighted by Gasteiger charge is -2.20. The number of rotatable bonds is 6. The number of carbonyl (C=O) groups is 1. The molecule has 0 atom stereocenters. The van der Waals surface area contributed by atoms with E-state index in [4.69, 9.17) is 16.6 Å². The van der Waals surface area contributed by atoms with Gasteiger partial charge in [0.05, 0.1) is 21.6 Å². The number of imidazole rings is 1. The van der Waals surface area contributed by atoms with E-state index in [0.717, 1.165) is 33.2 Å². The smallest absolute Gasteiger partial charge is 0.260 e. The van der Waals surface area contributed by atoms with Crippen LogP contribution in [0.1, 0.15) is 22.3 Å². The zero-order chi connectivity index (χ0) is 20.4. The zero-order valence-electron chi connectivity index (χ0n) is 16.1. The summed E-state index contributed by atoms with van der Waals surface area (Å²) >= 11 is 11.3. The van der Waals surface area contributed by atoms with E-state index in [1.807, 2.05) is 54.1 Å². The van der Waals surface area contributed by atoms with Crippen LogP contribution in [-0.4, -0.2) is 27.0 Å². The van der Waals surface area contributed by atoms with Gasteiger partial charge in [-0.25, -0.2) is 9.97 Å². The Morgan fingerprint density at radius 2 is 2.13 bits per heavy atom. The molecule has 2 aromatic heterocycles. The summed E-state index contributed by atoms with van der Waals surface area (Å²) in [7, 11) is 0. The van der Waals surface area contributed by atoms with Gasteiger partial charge in [0.1, 0.15) is 0 Å². The highest BCUT2D eigenvalue weighted by atomic mass is 79.9. The SMILES string of the molecule is Cc1ccc(Cl)c2sc(N(CCCn3ccnc3)C(=O)c3cccc(Br)c3)nc12.Cl. The number of aryl methyl sites for hydroxylation is 2. The van der Waals surface area contributed by atoms with Gasteiger partial charge in [0.15, 0.2) is 5.13 Å². The standard InChI is InChI=1S/C21H18BrClN4OS.ClH/c1-14-6-7-17(23)19-18(14)25-21(29-19)27(10-3-9-26-11-8-24-13-26)20(28)15-4-2-5-16(22)12-15;/h2,4-8,11-13H,3,9-10H2,1H3;1H. The van der Waals surface area contributed by atoms with E-state index in [-0.39, 0.29) is 18.3 Å². The number of thiazole rings is 1. The molecule has 4 aromatic rings. The van der Waals surface area contributed by atoms with Crippen molar-refractivity contribution in [1.29, 1.82) is 0 Å². The molecular formula is C21H19BrCl2N4OS. The van der Waals surface area contributed by atoms with Crippen LogP contribution < -0.4 is 4.90 Å². The summed E-state index contributed by atoms with van der Waals surface area (Å²) in [4.78, 5) is 23.9. The van der Waals surface area contributed by atoms with E-state index < -0.39 is 0 Å². The number of fused-ring (bicyclic) bond motifs is 1. The Labute approximate surface area is 198 Å². The van der Waals surface area contributed by atoms with Gasteiger partial charge in [0, 0.05) is 35.5 Å². The first-order valence-corrected chi connectivity index (χ1v) is 11.1. The van der Waals surface area contributed by atoms with Crippen LogP contribution in [0.3, 0.4) is 0 Å². The third-order valence-corrected chi connectivity index (χ3v) is 6.62. The number of carbonyl (C=O) groups excluding carboxylic acids is 1. The average molecular weight is 526 g/mol. The monoisotopic (exact) mass is 524 g/mol. The first kappa shape index (κ1) is 22.7. The summed E-state index contributed by atoms with van der Waals surface area (Å²) in [6.07, 6.45) is 6.23. The second-order valence-corrected chi connectivity index (χ2v) is 8.96. The molecule has 0 N–H and O–H groups in total. The molecule has 0 fully saturated rings. The van der Waals surface area contributed by atoms with Crippen LogP contribution in [0.2, 0.25) is 5.02 Å². The van der Waals surface area contributed by atoms with E-state index in [9.17, 15) is 4.79 Å². The normalized spacial score (nSPS) is 10.8. The predicted octanol–water partition coefficient (Wildman–Crippen LogP) is 6.38. The van der Waals surface area contributed by atoms with Crippen LogP contribution >= 0.6 is 51.3 Å².